The minimum absolute atomic E-state index is 1.26. The van der Waals surface area contributed by atoms with Crippen molar-refractivity contribution in [2.45, 2.75) is 33.1 Å². The van der Waals surface area contributed by atoms with Crippen molar-refractivity contribution in [1.82, 2.24) is 0 Å². The number of hydrogen-bond acceptors (Lipinski definition) is 2. The summed E-state index contributed by atoms with van der Waals surface area (Å²) in [6.07, 6.45) is 8.22. The fourth-order valence-electron chi connectivity index (χ4n) is 0.489. The number of rotatable bonds is 3. The molecule has 0 aromatic rings. The van der Waals surface area contributed by atoms with E-state index < -0.39 is 10.3 Å². The van der Waals surface area contributed by atoms with Gasteiger partial charge < -0.3 is 0 Å². The lowest BCUT2D eigenvalue weighted by atomic mass is 10.2. The number of allylic oxidation sites excluding steroid dienone is 2. The van der Waals surface area contributed by atoms with Crippen LogP contribution in [0.2, 0.25) is 0 Å². The smallest absolute Gasteiger partial charge is 0.274 e. The molecule has 0 aliphatic carbocycles. The summed E-state index contributed by atoms with van der Waals surface area (Å²) >= 11 is 0. The van der Waals surface area contributed by atoms with E-state index in [1.165, 1.54) is 19.3 Å². The first kappa shape index (κ1) is 14.2. The van der Waals surface area contributed by atoms with Gasteiger partial charge in [0.2, 0.25) is 0 Å². The molecule has 0 saturated carbocycles. The molecular formula is C7H17NO3S. The second-order valence-electron chi connectivity index (χ2n) is 2.23. The summed E-state index contributed by atoms with van der Waals surface area (Å²) in [5, 5.41) is 3.88. The Morgan fingerprint density at radius 2 is 1.92 bits per heavy atom. The second-order valence-corrected chi connectivity index (χ2v) is 3.26. The van der Waals surface area contributed by atoms with E-state index in [0.29, 0.717) is 0 Å². The Kier molecular flexibility index (Phi) is 10.3. The van der Waals surface area contributed by atoms with Crippen molar-refractivity contribution in [2.75, 3.05) is 0 Å². The molecule has 0 radical (unpaired) electrons. The van der Waals surface area contributed by atoms with Crippen LogP contribution in [0, 0.1) is 0 Å². The van der Waals surface area contributed by atoms with Crippen molar-refractivity contribution in [3.05, 3.63) is 12.2 Å². The average Bonchev–Trinajstić information content (AvgIpc) is 1.85. The van der Waals surface area contributed by atoms with Gasteiger partial charge in [0, 0.05) is 0 Å². The van der Waals surface area contributed by atoms with Gasteiger partial charge in [0.25, 0.3) is 0 Å². The van der Waals surface area contributed by atoms with E-state index in [-0.39, 0.29) is 0 Å². The maximum atomic E-state index is 8.97. The monoisotopic (exact) mass is 195 g/mol. The van der Waals surface area contributed by atoms with Gasteiger partial charge in [0.1, 0.15) is 0 Å². The summed E-state index contributed by atoms with van der Waals surface area (Å²) in [5.74, 6) is 0. The molecule has 12 heavy (non-hydrogen) atoms. The van der Waals surface area contributed by atoms with Crippen LogP contribution < -0.4 is 5.14 Å². The molecule has 0 spiro atoms. The highest BCUT2D eigenvalue weighted by Crippen LogP contribution is 1.93. The zero-order valence-corrected chi connectivity index (χ0v) is 8.34. The molecule has 4 nitrogen and oxygen atoms in total. The van der Waals surface area contributed by atoms with Gasteiger partial charge in [-0.2, -0.15) is 8.42 Å². The van der Waals surface area contributed by atoms with Crippen molar-refractivity contribution in [1.29, 1.82) is 0 Å². The molecule has 0 bridgehead atoms. The number of nitrogens with two attached hydrogens (primary N) is 1. The minimum Gasteiger partial charge on any atom is -0.274 e. The second kappa shape index (κ2) is 8.70. The lowest BCUT2D eigenvalue weighted by Gasteiger charge is -1.83. The maximum Gasteiger partial charge on any atom is 0.330 e. The van der Waals surface area contributed by atoms with E-state index in [2.05, 4.69) is 31.1 Å². The fourth-order valence-corrected chi connectivity index (χ4v) is 0.489. The molecule has 0 aromatic carbocycles. The standard InChI is InChI=1S/C7H14.H3NO3S/c1-3-5-7-6-4-2;1-5(2,3)4/h3,5H,4,6-7H2,1-2H3;(H3,1,2,3,4). The van der Waals surface area contributed by atoms with Crippen molar-refractivity contribution in [2.24, 2.45) is 5.14 Å². The zero-order chi connectivity index (χ0) is 10.0. The summed E-state index contributed by atoms with van der Waals surface area (Å²) < 4.78 is 25.2. The van der Waals surface area contributed by atoms with Gasteiger partial charge in [0.05, 0.1) is 0 Å². The highest BCUT2D eigenvalue weighted by molar-refractivity contribution is 7.83. The third-order valence-electron chi connectivity index (χ3n) is 0.960. The quantitative estimate of drug-likeness (QED) is 0.407. The Hall–Kier alpha value is -0.390. The van der Waals surface area contributed by atoms with Gasteiger partial charge in [0.15, 0.2) is 0 Å². The average molecular weight is 195 g/mol. The predicted molar refractivity (Wildman–Crippen MR) is 50.1 cm³/mol. The highest BCUT2D eigenvalue weighted by atomic mass is 32.2. The molecule has 0 rings (SSSR count). The van der Waals surface area contributed by atoms with Crippen molar-refractivity contribution in [3.8, 4) is 0 Å². The Morgan fingerprint density at radius 1 is 1.50 bits per heavy atom. The summed E-state index contributed by atoms with van der Waals surface area (Å²) in [6, 6.07) is 0. The predicted octanol–water partition coefficient (Wildman–Crippen LogP) is 1.50. The highest BCUT2D eigenvalue weighted by Gasteiger charge is 1.81. The summed E-state index contributed by atoms with van der Waals surface area (Å²) in [5.41, 5.74) is 0. The Balaban J connectivity index is 0. The van der Waals surface area contributed by atoms with E-state index in [1.807, 2.05) is 0 Å². The minimum atomic E-state index is -4.17. The van der Waals surface area contributed by atoms with Crippen molar-refractivity contribution in [3.63, 3.8) is 0 Å². The third kappa shape index (κ3) is 54.7. The number of hydrogen-bond donors (Lipinski definition) is 2. The Morgan fingerprint density at radius 3 is 2.17 bits per heavy atom. The molecule has 0 aliphatic heterocycles. The van der Waals surface area contributed by atoms with Crippen LogP contribution in [-0.2, 0) is 10.3 Å². The van der Waals surface area contributed by atoms with Crippen molar-refractivity contribution >= 4 is 10.3 Å². The normalized spacial score (nSPS) is 11.0. The zero-order valence-electron chi connectivity index (χ0n) is 7.53. The Labute approximate surface area is 74.3 Å². The van der Waals surface area contributed by atoms with Gasteiger partial charge in [-0.25, -0.2) is 5.14 Å². The maximum absolute atomic E-state index is 8.97. The SMILES string of the molecule is CC=CCCCC.NS(=O)(=O)O. The van der Waals surface area contributed by atoms with Gasteiger partial charge in [-0.05, 0) is 13.3 Å². The van der Waals surface area contributed by atoms with Crippen LogP contribution in [0.5, 0.6) is 0 Å². The van der Waals surface area contributed by atoms with E-state index in [0.717, 1.165) is 0 Å². The van der Waals surface area contributed by atoms with Crippen LogP contribution in [0.15, 0.2) is 12.2 Å². The molecule has 74 valence electrons. The van der Waals surface area contributed by atoms with E-state index in [1.54, 1.807) is 0 Å². The molecule has 3 N–H and O–H groups in total. The van der Waals surface area contributed by atoms with Crippen LogP contribution in [0.4, 0.5) is 0 Å². The van der Waals surface area contributed by atoms with Gasteiger partial charge in [-0.3, -0.25) is 4.55 Å². The van der Waals surface area contributed by atoms with Crippen LogP contribution in [-0.4, -0.2) is 13.0 Å². The van der Waals surface area contributed by atoms with E-state index >= 15 is 0 Å². The third-order valence-corrected chi connectivity index (χ3v) is 0.960. The number of unbranched alkanes of at least 4 members (excludes halogenated alkanes) is 2. The van der Waals surface area contributed by atoms with Crippen LogP contribution in [0.1, 0.15) is 33.1 Å². The molecule has 5 heteroatoms. The molecule has 0 saturated heterocycles. The molecule has 0 fully saturated rings. The lowest BCUT2D eigenvalue weighted by Crippen LogP contribution is -2.08. The Bertz CT molecular complexity index is 189. The molecule has 0 atom stereocenters. The summed E-state index contributed by atoms with van der Waals surface area (Å²) in [4.78, 5) is 0. The molecular weight excluding hydrogens is 178 g/mol. The van der Waals surface area contributed by atoms with Crippen LogP contribution >= 0.6 is 0 Å². The first-order valence-electron chi connectivity index (χ1n) is 3.78. The first-order valence-corrected chi connectivity index (χ1v) is 5.28. The summed E-state index contributed by atoms with van der Waals surface area (Å²) in [7, 11) is -4.17. The van der Waals surface area contributed by atoms with Gasteiger partial charge >= 0.3 is 10.3 Å². The van der Waals surface area contributed by atoms with E-state index in [4.69, 9.17) is 13.0 Å². The molecule has 0 aliphatic rings. The molecule has 0 aromatic heterocycles. The largest absolute Gasteiger partial charge is 0.330 e. The lowest BCUT2D eigenvalue weighted by molar-refractivity contribution is 0.485. The summed E-state index contributed by atoms with van der Waals surface area (Å²) in [6.45, 7) is 4.28. The first-order chi connectivity index (χ1) is 5.41. The molecule has 0 amide bonds. The van der Waals surface area contributed by atoms with E-state index in [9.17, 15) is 0 Å². The van der Waals surface area contributed by atoms with Crippen LogP contribution in [0.3, 0.4) is 0 Å². The topological polar surface area (TPSA) is 80.4 Å². The van der Waals surface area contributed by atoms with Gasteiger partial charge in [-0.1, -0.05) is 31.9 Å². The molecule has 0 heterocycles. The van der Waals surface area contributed by atoms with Crippen LogP contribution in [0.25, 0.3) is 0 Å². The molecule has 0 unspecified atom stereocenters. The fraction of sp³-hybridized carbons (Fsp3) is 0.714. The van der Waals surface area contributed by atoms with Crippen molar-refractivity contribution < 1.29 is 13.0 Å². The van der Waals surface area contributed by atoms with Gasteiger partial charge in [-0.15, -0.1) is 0 Å².